The number of halogens is 3. The Morgan fingerprint density at radius 2 is 1.76 bits per heavy atom. The molecule has 45 heavy (non-hydrogen) atoms. The van der Waals surface area contributed by atoms with Gasteiger partial charge in [0.2, 0.25) is 5.91 Å². The number of carbonyl (C=O) groups is 1. The molecule has 0 radical (unpaired) electrons. The third kappa shape index (κ3) is 6.57. The fourth-order valence-electron chi connectivity index (χ4n) is 6.47. The molecule has 2 aliphatic rings. The third-order valence-electron chi connectivity index (χ3n) is 8.94. The number of non-ortho nitro benzene ring substituents is 1. The molecule has 1 saturated heterocycles. The fourth-order valence-corrected chi connectivity index (χ4v) is 6.47. The molecule has 0 unspecified atom stereocenters. The number of amides is 1. The summed E-state index contributed by atoms with van der Waals surface area (Å²) in [5.41, 5.74) is 2.65. The summed E-state index contributed by atoms with van der Waals surface area (Å²) in [7, 11) is 1.70. The van der Waals surface area contributed by atoms with Crippen LogP contribution in [0.5, 0.6) is 0 Å². The molecule has 1 saturated carbocycles. The van der Waals surface area contributed by atoms with Crippen molar-refractivity contribution in [2.45, 2.75) is 44.5 Å². The van der Waals surface area contributed by atoms with Crippen molar-refractivity contribution >= 4 is 17.2 Å². The van der Waals surface area contributed by atoms with E-state index in [0.29, 0.717) is 60.8 Å². The van der Waals surface area contributed by atoms with Crippen LogP contribution in [0.1, 0.15) is 36.9 Å². The van der Waals surface area contributed by atoms with E-state index < -0.39 is 16.7 Å². The average Bonchev–Trinajstić information content (AvgIpc) is 3.42. The number of imidazole rings is 1. The minimum absolute atomic E-state index is 0.0243. The smallest absolute Gasteiger partial charge is 0.381 e. The van der Waals surface area contributed by atoms with E-state index in [1.807, 2.05) is 9.30 Å². The highest BCUT2D eigenvalue weighted by atomic mass is 19.4. The molecule has 0 N–H and O–H groups in total. The highest BCUT2D eigenvalue weighted by Crippen LogP contribution is 2.34. The van der Waals surface area contributed by atoms with Gasteiger partial charge in [0.15, 0.2) is 0 Å². The molecular weight excluding hydrogens is 587 g/mol. The Bertz CT molecular complexity index is 1710. The highest BCUT2D eigenvalue weighted by molar-refractivity contribution is 5.79. The summed E-state index contributed by atoms with van der Waals surface area (Å²) in [5.74, 6) is 0.151. The second-order valence-electron chi connectivity index (χ2n) is 11.8. The summed E-state index contributed by atoms with van der Waals surface area (Å²) in [6, 6.07) is 14.9. The maximum absolute atomic E-state index is 13.5. The molecule has 0 bridgehead atoms. The number of carbonyl (C=O) groups excluding carboxylic acids is 1. The van der Waals surface area contributed by atoms with Crippen LogP contribution in [0.3, 0.4) is 0 Å². The Balaban J connectivity index is 1.30. The van der Waals surface area contributed by atoms with Crippen LogP contribution in [-0.4, -0.2) is 69.4 Å². The molecule has 2 atom stereocenters. The second kappa shape index (κ2) is 12.6. The quantitative estimate of drug-likeness (QED) is 0.174. The van der Waals surface area contributed by atoms with Crippen molar-refractivity contribution in [2.75, 3.05) is 33.3 Å². The molecule has 0 spiro atoms. The molecule has 6 rings (SSSR count). The molecule has 1 amide bonds. The molecule has 4 aromatic rings. The maximum Gasteiger partial charge on any atom is 0.416 e. The van der Waals surface area contributed by atoms with Crippen molar-refractivity contribution in [1.82, 2.24) is 19.2 Å². The number of piperazine rings is 1. The van der Waals surface area contributed by atoms with Gasteiger partial charge in [-0.05, 0) is 54.7 Å². The number of nitro groups is 1. The Labute approximate surface area is 258 Å². The number of pyridine rings is 1. The molecule has 2 aromatic carbocycles. The number of alkyl halides is 3. The summed E-state index contributed by atoms with van der Waals surface area (Å²) in [5, 5.41) is 11.5. The Kier molecular flexibility index (Phi) is 8.61. The number of aromatic nitrogens is 2. The molecule has 3 heterocycles. The lowest BCUT2D eigenvalue weighted by atomic mass is 9.86. The Morgan fingerprint density at radius 3 is 2.49 bits per heavy atom. The lowest BCUT2D eigenvalue weighted by Crippen LogP contribution is -2.50. The Morgan fingerprint density at radius 1 is 1.00 bits per heavy atom. The van der Waals surface area contributed by atoms with E-state index in [2.05, 4.69) is 4.90 Å². The zero-order valence-electron chi connectivity index (χ0n) is 24.9. The largest absolute Gasteiger partial charge is 0.416 e. The first kappa shape index (κ1) is 30.7. The van der Waals surface area contributed by atoms with E-state index in [-0.39, 0.29) is 23.6 Å². The number of benzene rings is 2. The first-order valence-electron chi connectivity index (χ1n) is 15.1. The SMILES string of the molecule is CO[C@H]1CCC[C@@H](C(=O)N2CCN(Cc3c(-c4cccc([N+](=O)[O-])c4)nc4ccc(-c5cccc(C(F)(F)F)c5)cn34)CC2)C1. The van der Waals surface area contributed by atoms with Crippen molar-refractivity contribution in [1.29, 1.82) is 0 Å². The number of hydrogen-bond acceptors (Lipinski definition) is 6. The van der Waals surface area contributed by atoms with Crippen molar-refractivity contribution in [3.05, 3.63) is 88.2 Å². The first-order valence-corrected chi connectivity index (χ1v) is 15.1. The fraction of sp³-hybridized carbons (Fsp3) is 0.394. The molecule has 1 aliphatic carbocycles. The maximum atomic E-state index is 13.5. The van der Waals surface area contributed by atoms with E-state index >= 15 is 0 Å². The number of ether oxygens (including phenoxy) is 1. The number of rotatable bonds is 7. The van der Waals surface area contributed by atoms with Crippen LogP contribution >= 0.6 is 0 Å². The van der Waals surface area contributed by atoms with Crippen molar-refractivity contribution < 1.29 is 27.6 Å². The van der Waals surface area contributed by atoms with Crippen LogP contribution in [0, 0.1) is 16.0 Å². The highest BCUT2D eigenvalue weighted by Gasteiger charge is 2.33. The van der Waals surface area contributed by atoms with Gasteiger partial charge in [-0.15, -0.1) is 0 Å². The summed E-state index contributed by atoms with van der Waals surface area (Å²) in [6.45, 7) is 2.83. The minimum Gasteiger partial charge on any atom is -0.381 e. The predicted molar refractivity (Wildman–Crippen MR) is 162 cm³/mol. The van der Waals surface area contributed by atoms with E-state index in [1.165, 1.54) is 18.2 Å². The van der Waals surface area contributed by atoms with Gasteiger partial charge in [0.25, 0.3) is 5.69 Å². The van der Waals surface area contributed by atoms with Gasteiger partial charge in [0, 0.05) is 69.6 Å². The molecule has 236 valence electrons. The van der Waals surface area contributed by atoms with Gasteiger partial charge >= 0.3 is 6.18 Å². The molecule has 12 heteroatoms. The van der Waals surface area contributed by atoms with Gasteiger partial charge in [0.05, 0.1) is 28.0 Å². The van der Waals surface area contributed by atoms with Crippen LogP contribution in [0.2, 0.25) is 0 Å². The monoisotopic (exact) mass is 621 g/mol. The van der Waals surface area contributed by atoms with Crippen LogP contribution in [-0.2, 0) is 22.3 Å². The van der Waals surface area contributed by atoms with Gasteiger partial charge in [0.1, 0.15) is 5.65 Å². The van der Waals surface area contributed by atoms with E-state index in [4.69, 9.17) is 9.72 Å². The zero-order chi connectivity index (χ0) is 31.7. The number of nitrogens with zero attached hydrogens (tertiary/aromatic N) is 5. The average molecular weight is 622 g/mol. The molecule has 2 aromatic heterocycles. The standard InChI is InChI=1S/C33H34F3N5O4/c1-45-28-10-4-7-24(19-28)32(42)39-15-13-38(14-16-39)21-29-31(23-6-3-9-27(18-23)41(43)44)37-30-12-11-25(20-40(29)30)22-5-2-8-26(17-22)33(34,35)36/h2-3,5-6,8-9,11-12,17-18,20,24,28H,4,7,10,13-16,19,21H2,1H3/t24-,28+/m1/s1. The number of fused-ring (bicyclic) bond motifs is 1. The van der Waals surface area contributed by atoms with Gasteiger partial charge < -0.3 is 14.0 Å². The van der Waals surface area contributed by atoms with E-state index in [9.17, 15) is 28.1 Å². The second-order valence-corrected chi connectivity index (χ2v) is 11.8. The summed E-state index contributed by atoms with van der Waals surface area (Å²) in [6.07, 6.45) is 1.00. The molecular formula is C33H34F3N5O4. The van der Waals surface area contributed by atoms with Gasteiger partial charge in [-0.25, -0.2) is 4.98 Å². The van der Waals surface area contributed by atoms with Gasteiger partial charge in [-0.1, -0.05) is 30.7 Å². The van der Waals surface area contributed by atoms with Gasteiger partial charge in [-0.3, -0.25) is 19.8 Å². The first-order chi connectivity index (χ1) is 21.6. The van der Waals surface area contributed by atoms with Gasteiger partial charge in [-0.2, -0.15) is 13.2 Å². The topological polar surface area (TPSA) is 93.2 Å². The van der Waals surface area contributed by atoms with Crippen LogP contribution in [0.15, 0.2) is 66.9 Å². The van der Waals surface area contributed by atoms with Crippen molar-refractivity contribution in [2.24, 2.45) is 5.92 Å². The molecule has 2 fully saturated rings. The van der Waals surface area contributed by atoms with E-state index in [1.54, 1.807) is 43.6 Å². The van der Waals surface area contributed by atoms with Crippen molar-refractivity contribution in [3.8, 4) is 22.4 Å². The predicted octanol–water partition coefficient (Wildman–Crippen LogP) is 6.44. The lowest BCUT2D eigenvalue weighted by Gasteiger charge is -2.38. The molecule has 1 aliphatic heterocycles. The van der Waals surface area contributed by atoms with Crippen molar-refractivity contribution in [3.63, 3.8) is 0 Å². The van der Waals surface area contributed by atoms with Crippen LogP contribution < -0.4 is 0 Å². The molecule has 9 nitrogen and oxygen atoms in total. The summed E-state index contributed by atoms with van der Waals surface area (Å²) in [4.78, 5) is 33.4. The Hall–Kier alpha value is -4.29. The number of methoxy groups -OCH3 is 1. The normalized spacial score (nSPS) is 19.6. The summed E-state index contributed by atoms with van der Waals surface area (Å²) < 4.78 is 47.8. The minimum atomic E-state index is -4.47. The number of hydrogen-bond donors (Lipinski definition) is 0. The summed E-state index contributed by atoms with van der Waals surface area (Å²) >= 11 is 0. The third-order valence-corrected chi connectivity index (χ3v) is 8.94. The van der Waals surface area contributed by atoms with E-state index in [0.717, 1.165) is 43.5 Å². The van der Waals surface area contributed by atoms with Crippen LogP contribution in [0.25, 0.3) is 28.0 Å². The number of nitro benzene ring substituents is 1. The van der Waals surface area contributed by atoms with Crippen LogP contribution in [0.4, 0.5) is 18.9 Å². The zero-order valence-corrected chi connectivity index (χ0v) is 24.9. The lowest BCUT2D eigenvalue weighted by molar-refractivity contribution is -0.384.